The summed E-state index contributed by atoms with van der Waals surface area (Å²) < 4.78 is 5.84. The number of benzene rings is 1. The molecule has 7 nitrogen and oxygen atoms in total. The molecule has 0 unspecified atom stereocenters. The lowest BCUT2D eigenvalue weighted by atomic mass is 9.93. The van der Waals surface area contributed by atoms with Crippen molar-refractivity contribution in [2.45, 2.75) is 44.5 Å². The monoisotopic (exact) mass is 478 g/mol. The highest BCUT2D eigenvalue weighted by atomic mass is 32.2. The van der Waals surface area contributed by atoms with Gasteiger partial charge in [-0.2, -0.15) is 0 Å². The van der Waals surface area contributed by atoms with Gasteiger partial charge in [-0.15, -0.1) is 10.2 Å². The molecule has 4 rings (SSSR count). The first-order chi connectivity index (χ1) is 16.2. The van der Waals surface area contributed by atoms with E-state index in [2.05, 4.69) is 10.2 Å². The molecule has 0 radical (unpaired) electrons. The Balaban J connectivity index is 1.32. The molecule has 1 aliphatic heterocycles. The maximum absolute atomic E-state index is 13.0. The van der Waals surface area contributed by atoms with Crippen LogP contribution in [0, 0.1) is 5.41 Å². The number of nitrogens with zero attached hydrogens (tertiary/aromatic N) is 4. The summed E-state index contributed by atoms with van der Waals surface area (Å²) in [6.45, 7) is 9.27. The summed E-state index contributed by atoms with van der Waals surface area (Å²) in [5, 5.41) is 9.39. The number of hydrogen-bond acceptors (Lipinski definition) is 6. The van der Waals surface area contributed by atoms with Crippen LogP contribution >= 0.6 is 11.8 Å². The Hall–Kier alpha value is -3.13. The molecule has 2 aromatic heterocycles. The van der Waals surface area contributed by atoms with E-state index in [1.165, 1.54) is 11.8 Å². The number of hydrogen-bond donors (Lipinski definition) is 0. The van der Waals surface area contributed by atoms with Crippen molar-refractivity contribution in [2.24, 2.45) is 5.41 Å². The van der Waals surface area contributed by atoms with Crippen molar-refractivity contribution >= 4 is 23.6 Å². The molecule has 1 atom stereocenters. The van der Waals surface area contributed by atoms with Gasteiger partial charge in [0.15, 0.2) is 5.76 Å². The van der Waals surface area contributed by atoms with E-state index in [-0.39, 0.29) is 17.9 Å². The number of aromatic nitrogens is 2. The predicted octanol–water partition coefficient (Wildman–Crippen LogP) is 4.75. The van der Waals surface area contributed by atoms with Crippen molar-refractivity contribution in [3.8, 4) is 11.3 Å². The van der Waals surface area contributed by atoms with Crippen LogP contribution < -0.4 is 0 Å². The van der Waals surface area contributed by atoms with E-state index < -0.39 is 5.41 Å². The van der Waals surface area contributed by atoms with Crippen molar-refractivity contribution in [1.82, 2.24) is 20.0 Å². The Morgan fingerprint density at radius 3 is 2.44 bits per heavy atom. The fourth-order valence-corrected chi connectivity index (χ4v) is 4.61. The molecule has 1 fully saturated rings. The number of amides is 2. The number of carbonyl (C=O) groups is 2. The molecule has 0 spiro atoms. The van der Waals surface area contributed by atoms with Gasteiger partial charge in [0.2, 0.25) is 5.91 Å². The van der Waals surface area contributed by atoms with Crippen LogP contribution in [0.4, 0.5) is 0 Å². The maximum atomic E-state index is 13.0. The molecule has 8 heteroatoms. The first-order valence-electron chi connectivity index (χ1n) is 11.4. The normalized spacial score (nSPS) is 16.5. The van der Waals surface area contributed by atoms with Gasteiger partial charge in [-0.3, -0.25) is 9.59 Å². The van der Waals surface area contributed by atoms with E-state index in [4.69, 9.17) is 4.42 Å². The van der Waals surface area contributed by atoms with Gasteiger partial charge in [0, 0.05) is 36.7 Å². The second-order valence-corrected chi connectivity index (χ2v) is 10.5. The first-order valence-corrected chi connectivity index (χ1v) is 12.4. The Morgan fingerprint density at radius 2 is 1.79 bits per heavy atom. The Bertz CT molecular complexity index is 1140. The van der Waals surface area contributed by atoms with Gasteiger partial charge in [0.25, 0.3) is 5.91 Å². The SMILES string of the molecule is C[C@@H]1CN(C(=O)c2ccc(CSc3ccc(-c4ccccc4)nn3)o2)CCN1C(=O)C(C)(C)C. The van der Waals surface area contributed by atoms with Crippen molar-refractivity contribution < 1.29 is 14.0 Å². The van der Waals surface area contributed by atoms with Crippen LogP contribution in [-0.4, -0.2) is 57.5 Å². The lowest BCUT2D eigenvalue weighted by molar-refractivity contribution is -0.143. The summed E-state index contributed by atoms with van der Waals surface area (Å²) in [4.78, 5) is 29.3. The lowest BCUT2D eigenvalue weighted by Gasteiger charge is -2.42. The van der Waals surface area contributed by atoms with Gasteiger partial charge in [-0.1, -0.05) is 62.9 Å². The van der Waals surface area contributed by atoms with Crippen LogP contribution in [0.15, 0.2) is 64.0 Å². The van der Waals surface area contributed by atoms with Crippen molar-refractivity contribution in [3.05, 3.63) is 66.1 Å². The second-order valence-electron chi connectivity index (χ2n) is 9.53. The van der Waals surface area contributed by atoms with E-state index >= 15 is 0 Å². The van der Waals surface area contributed by atoms with Crippen LogP contribution in [0.25, 0.3) is 11.3 Å². The van der Waals surface area contributed by atoms with Crippen molar-refractivity contribution in [2.75, 3.05) is 19.6 Å². The smallest absolute Gasteiger partial charge is 0.289 e. The minimum Gasteiger partial charge on any atom is -0.455 e. The Labute approximate surface area is 204 Å². The largest absolute Gasteiger partial charge is 0.455 e. The zero-order valence-corrected chi connectivity index (χ0v) is 20.8. The number of thioether (sulfide) groups is 1. The quantitative estimate of drug-likeness (QED) is 0.493. The number of piperazine rings is 1. The maximum Gasteiger partial charge on any atom is 0.289 e. The zero-order chi connectivity index (χ0) is 24.3. The molecule has 34 heavy (non-hydrogen) atoms. The summed E-state index contributed by atoms with van der Waals surface area (Å²) in [5.41, 5.74) is 1.42. The Morgan fingerprint density at radius 1 is 1.03 bits per heavy atom. The third kappa shape index (κ3) is 5.50. The average molecular weight is 479 g/mol. The molecule has 0 saturated carbocycles. The minimum atomic E-state index is -0.430. The summed E-state index contributed by atoms with van der Waals surface area (Å²) >= 11 is 1.51. The van der Waals surface area contributed by atoms with E-state index in [1.54, 1.807) is 11.0 Å². The van der Waals surface area contributed by atoms with Gasteiger partial charge < -0.3 is 14.2 Å². The van der Waals surface area contributed by atoms with E-state index in [1.807, 2.05) is 81.1 Å². The highest BCUT2D eigenvalue weighted by Crippen LogP contribution is 2.25. The highest BCUT2D eigenvalue weighted by molar-refractivity contribution is 7.98. The molecule has 1 aliphatic rings. The fourth-order valence-electron chi connectivity index (χ4n) is 3.91. The van der Waals surface area contributed by atoms with Gasteiger partial charge in [-0.05, 0) is 31.2 Å². The van der Waals surface area contributed by atoms with Crippen molar-refractivity contribution in [1.29, 1.82) is 0 Å². The zero-order valence-electron chi connectivity index (χ0n) is 20.0. The molecule has 1 saturated heterocycles. The van der Waals surface area contributed by atoms with Gasteiger partial charge in [0.05, 0.1) is 11.4 Å². The first kappa shape index (κ1) is 24.0. The molecule has 0 aliphatic carbocycles. The van der Waals surface area contributed by atoms with Crippen molar-refractivity contribution in [3.63, 3.8) is 0 Å². The highest BCUT2D eigenvalue weighted by Gasteiger charge is 2.35. The Kier molecular flexibility index (Phi) is 7.07. The molecule has 3 heterocycles. The molecule has 0 N–H and O–H groups in total. The van der Waals surface area contributed by atoms with E-state index in [0.29, 0.717) is 36.9 Å². The molecule has 1 aromatic carbocycles. The predicted molar refractivity (Wildman–Crippen MR) is 132 cm³/mol. The van der Waals surface area contributed by atoms with Crippen LogP contribution in [0.1, 0.15) is 44.0 Å². The molecule has 178 valence electrons. The summed E-state index contributed by atoms with van der Waals surface area (Å²) in [6, 6.07) is 17.3. The van der Waals surface area contributed by atoms with Gasteiger partial charge >= 0.3 is 0 Å². The van der Waals surface area contributed by atoms with E-state index in [9.17, 15) is 9.59 Å². The van der Waals surface area contributed by atoms with Crippen LogP contribution in [0.5, 0.6) is 0 Å². The number of carbonyl (C=O) groups excluding carboxylic acids is 2. The van der Waals surface area contributed by atoms with Crippen LogP contribution in [0.2, 0.25) is 0 Å². The molecule has 2 amide bonds. The second kappa shape index (κ2) is 10.0. The molecular weight excluding hydrogens is 448 g/mol. The third-order valence-electron chi connectivity index (χ3n) is 5.76. The minimum absolute atomic E-state index is 0.0353. The number of furan rings is 1. The van der Waals surface area contributed by atoms with Crippen LogP contribution in [-0.2, 0) is 10.5 Å². The van der Waals surface area contributed by atoms with E-state index in [0.717, 1.165) is 16.3 Å². The molecular formula is C26H30N4O3S. The van der Waals surface area contributed by atoms with Crippen LogP contribution in [0.3, 0.4) is 0 Å². The van der Waals surface area contributed by atoms with Gasteiger partial charge in [-0.25, -0.2) is 0 Å². The molecule has 0 bridgehead atoms. The summed E-state index contributed by atoms with van der Waals surface area (Å²) in [7, 11) is 0. The topological polar surface area (TPSA) is 79.5 Å². The fraction of sp³-hybridized carbons (Fsp3) is 0.385. The lowest BCUT2D eigenvalue weighted by Crippen LogP contribution is -2.57. The summed E-state index contributed by atoms with van der Waals surface area (Å²) in [5.74, 6) is 1.56. The summed E-state index contributed by atoms with van der Waals surface area (Å²) in [6.07, 6.45) is 0. The average Bonchev–Trinajstić information content (AvgIpc) is 3.31. The number of rotatable bonds is 5. The van der Waals surface area contributed by atoms with Gasteiger partial charge in [0.1, 0.15) is 10.8 Å². The standard InChI is InChI=1S/C26H30N4O3S/c1-18-16-29(14-15-30(18)25(32)26(2,3)4)24(31)22-12-10-20(33-22)17-34-23-13-11-21(27-28-23)19-8-6-5-7-9-19/h5-13,18H,14-17H2,1-4H3/t18-/m1/s1. The molecule has 3 aromatic rings. The third-order valence-corrected chi connectivity index (χ3v) is 6.70.